The Balaban J connectivity index is 1.57. The van der Waals surface area contributed by atoms with Crippen LogP contribution in [0.15, 0.2) is 59.7 Å². The first-order valence-corrected chi connectivity index (χ1v) is 8.19. The average Bonchev–Trinajstić information content (AvgIpc) is 3.41. The Morgan fingerprint density at radius 1 is 1.20 bits per heavy atom. The van der Waals surface area contributed by atoms with Gasteiger partial charge in [0, 0.05) is 36.7 Å². The highest BCUT2D eigenvalue weighted by atomic mass is 16.3. The van der Waals surface area contributed by atoms with Gasteiger partial charge in [-0.25, -0.2) is 9.97 Å². The topological polar surface area (TPSA) is 73.7 Å². The van der Waals surface area contributed by atoms with Gasteiger partial charge in [0.2, 0.25) is 0 Å². The second-order valence-electron chi connectivity index (χ2n) is 5.96. The monoisotopic (exact) mass is 332 g/mol. The van der Waals surface area contributed by atoms with Crippen molar-refractivity contribution in [1.82, 2.24) is 29.6 Å². The molecule has 4 aromatic rings. The third kappa shape index (κ3) is 2.45. The fourth-order valence-corrected chi connectivity index (χ4v) is 3.17. The predicted molar refractivity (Wildman–Crippen MR) is 92.0 cm³/mol. The molecule has 5 rings (SSSR count). The van der Waals surface area contributed by atoms with E-state index in [2.05, 4.69) is 32.1 Å². The highest BCUT2D eigenvalue weighted by Crippen LogP contribution is 2.26. The first-order chi connectivity index (χ1) is 12.4. The van der Waals surface area contributed by atoms with Gasteiger partial charge in [0.15, 0.2) is 18.0 Å². The molecule has 124 valence electrons. The van der Waals surface area contributed by atoms with Gasteiger partial charge >= 0.3 is 0 Å². The fraction of sp³-hybridized carbons (Fsp3) is 0.167. The number of rotatable bonds is 3. The number of oxazole rings is 1. The molecule has 0 bridgehead atoms. The van der Waals surface area contributed by atoms with E-state index in [0.717, 1.165) is 48.2 Å². The van der Waals surface area contributed by atoms with Crippen molar-refractivity contribution in [1.29, 1.82) is 0 Å². The van der Waals surface area contributed by atoms with Crippen molar-refractivity contribution >= 4 is 0 Å². The molecular formula is C18H16N6O. The van der Waals surface area contributed by atoms with Gasteiger partial charge in [-0.15, -0.1) is 0 Å². The lowest BCUT2D eigenvalue weighted by atomic mass is 10.1. The van der Waals surface area contributed by atoms with Crippen LogP contribution in [0.5, 0.6) is 0 Å². The fourth-order valence-electron chi connectivity index (χ4n) is 3.17. The summed E-state index contributed by atoms with van der Waals surface area (Å²) in [5.74, 6) is 1.57. The maximum atomic E-state index is 5.40. The molecule has 0 aliphatic carbocycles. The summed E-state index contributed by atoms with van der Waals surface area (Å²) in [7, 11) is 0. The van der Waals surface area contributed by atoms with Gasteiger partial charge in [-0.2, -0.15) is 5.10 Å². The van der Waals surface area contributed by atoms with Crippen molar-refractivity contribution in [2.24, 2.45) is 0 Å². The minimum absolute atomic E-state index is 0.743. The summed E-state index contributed by atoms with van der Waals surface area (Å²) in [4.78, 5) is 8.52. The first-order valence-electron chi connectivity index (χ1n) is 8.19. The summed E-state index contributed by atoms with van der Waals surface area (Å²) >= 11 is 0. The molecule has 7 nitrogen and oxygen atoms in total. The van der Waals surface area contributed by atoms with Crippen molar-refractivity contribution in [2.45, 2.75) is 13.1 Å². The zero-order valence-electron chi connectivity index (χ0n) is 13.5. The Hall–Kier alpha value is -3.19. The summed E-state index contributed by atoms with van der Waals surface area (Å²) in [6.07, 6.45) is 6.90. The van der Waals surface area contributed by atoms with Crippen LogP contribution in [0.1, 0.15) is 5.69 Å². The molecule has 25 heavy (non-hydrogen) atoms. The van der Waals surface area contributed by atoms with E-state index in [4.69, 9.17) is 9.52 Å². The van der Waals surface area contributed by atoms with Crippen molar-refractivity contribution in [3.05, 3.63) is 61.0 Å². The average molecular weight is 332 g/mol. The van der Waals surface area contributed by atoms with Gasteiger partial charge in [0.1, 0.15) is 5.69 Å². The van der Waals surface area contributed by atoms with Gasteiger partial charge in [0.05, 0.1) is 18.4 Å². The SMILES string of the molecule is c1cc(-c2cnco2)cc(-n2ccnc2-c2cc3n(n2)CCNC3)c1. The van der Waals surface area contributed by atoms with Crippen LogP contribution in [-0.4, -0.2) is 30.9 Å². The summed E-state index contributed by atoms with van der Waals surface area (Å²) in [6, 6.07) is 10.2. The van der Waals surface area contributed by atoms with E-state index in [9.17, 15) is 0 Å². The van der Waals surface area contributed by atoms with Gasteiger partial charge in [-0.3, -0.25) is 9.25 Å². The quantitative estimate of drug-likeness (QED) is 0.624. The van der Waals surface area contributed by atoms with E-state index in [1.54, 1.807) is 12.4 Å². The van der Waals surface area contributed by atoms with Crippen molar-refractivity contribution in [3.8, 4) is 28.5 Å². The lowest BCUT2D eigenvalue weighted by Gasteiger charge is -2.13. The number of hydrogen-bond acceptors (Lipinski definition) is 5. The second kappa shape index (κ2) is 5.71. The smallest absolute Gasteiger partial charge is 0.181 e. The Bertz CT molecular complexity index is 991. The normalized spacial score (nSPS) is 13.8. The van der Waals surface area contributed by atoms with Crippen molar-refractivity contribution < 1.29 is 4.42 Å². The van der Waals surface area contributed by atoms with Gasteiger partial charge < -0.3 is 9.73 Å². The van der Waals surface area contributed by atoms with Crippen LogP contribution in [0, 0.1) is 0 Å². The Labute approximate surface area is 144 Å². The molecule has 1 aromatic carbocycles. The molecule has 0 unspecified atom stereocenters. The van der Waals surface area contributed by atoms with Crippen LogP contribution in [0.4, 0.5) is 0 Å². The first kappa shape index (κ1) is 14.2. The second-order valence-corrected chi connectivity index (χ2v) is 5.96. The molecule has 4 heterocycles. The summed E-state index contributed by atoms with van der Waals surface area (Å²) < 4.78 is 9.50. The molecule has 1 aliphatic rings. The number of hydrogen-bond donors (Lipinski definition) is 1. The van der Waals surface area contributed by atoms with E-state index in [1.165, 1.54) is 12.1 Å². The standard InChI is InChI=1S/C18H16N6O/c1-2-13(17-11-20-12-25-17)8-14(3-1)23-6-5-21-18(23)16-9-15-10-19-4-7-24(15)22-16/h1-3,5-6,8-9,11-12,19H,4,7,10H2. The lowest BCUT2D eigenvalue weighted by molar-refractivity contribution is 0.476. The van der Waals surface area contributed by atoms with Crippen LogP contribution in [0.2, 0.25) is 0 Å². The van der Waals surface area contributed by atoms with Gasteiger partial charge in [-0.05, 0) is 18.2 Å². The Morgan fingerprint density at radius 3 is 3.08 bits per heavy atom. The van der Waals surface area contributed by atoms with E-state index < -0.39 is 0 Å². The molecule has 1 aliphatic heterocycles. The molecule has 0 saturated heterocycles. The largest absolute Gasteiger partial charge is 0.444 e. The number of benzene rings is 1. The molecule has 0 amide bonds. The van der Waals surface area contributed by atoms with Gasteiger partial charge in [0.25, 0.3) is 0 Å². The third-order valence-corrected chi connectivity index (χ3v) is 4.38. The van der Waals surface area contributed by atoms with Crippen LogP contribution < -0.4 is 5.32 Å². The van der Waals surface area contributed by atoms with Crippen LogP contribution >= 0.6 is 0 Å². The molecule has 0 fully saturated rings. The molecule has 0 saturated carbocycles. The van der Waals surface area contributed by atoms with E-state index in [1.807, 2.05) is 29.0 Å². The highest BCUT2D eigenvalue weighted by Gasteiger charge is 2.17. The maximum absolute atomic E-state index is 5.40. The number of nitrogens with one attached hydrogen (secondary N) is 1. The Kier molecular flexibility index (Phi) is 3.24. The number of nitrogens with zero attached hydrogens (tertiary/aromatic N) is 5. The van der Waals surface area contributed by atoms with Crippen LogP contribution in [0.3, 0.4) is 0 Å². The molecular weight excluding hydrogens is 316 g/mol. The number of aromatic nitrogens is 5. The zero-order chi connectivity index (χ0) is 16.6. The van der Waals surface area contributed by atoms with Crippen molar-refractivity contribution in [3.63, 3.8) is 0 Å². The number of imidazole rings is 1. The molecule has 0 spiro atoms. The van der Waals surface area contributed by atoms with E-state index in [-0.39, 0.29) is 0 Å². The van der Waals surface area contributed by atoms with Crippen LogP contribution in [0.25, 0.3) is 28.5 Å². The minimum atomic E-state index is 0.743. The maximum Gasteiger partial charge on any atom is 0.181 e. The van der Waals surface area contributed by atoms with Gasteiger partial charge in [-0.1, -0.05) is 12.1 Å². The zero-order valence-corrected chi connectivity index (χ0v) is 13.5. The summed E-state index contributed by atoms with van der Waals surface area (Å²) in [6.45, 7) is 2.67. The number of fused-ring (bicyclic) bond motifs is 1. The van der Waals surface area contributed by atoms with E-state index >= 15 is 0 Å². The van der Waals surface area contributed by atoms with E-state index in [0.29, 0.717) is 0 Å². The molecule has 7 heteroatoms. The minimum Gasteiger partial charge on any atom is -0.444 e. The molecule has 1 N–H and O–H groups in total. The molecule has 0 radical (unpaired) electrons. The predicted octanol–water partition coefficient (Wildman–Crippen LogP) is 2.49. The third-order valence-electron chi connectivity index (χ3n) is 4.38. The molecule has 0 atom stereocenters. The summed E-state index contributed by atoms with van der Waals surface area (Å²) in [5.41, 5.74) is 4.05. The lowest BCUT2D eigenvalue weighted by Crippen LogP contribution is -2.28. The van der Waals surface area contributed by atoms with Crippen molar-refractivity contribution in [2.75, 3.05) is 6.54 Å². The Morgan fingerprint density at radius 2 is 2.20 bits per heavy atom. The molecule has 3 aromatic heterocycles. The van der Waals surface area contributed by atoms with Crippen LogP contribution in [-0.2, 0) is 13.1 Å². The highest BCUT2D eigenvalue weighted by molar-refractivity contribution is 5.62. The summed E-state index contributed by atoms with van der Waals surface area (Å²) in [5, 5.41) is 8.08.